The average Bonchev–Trinajstić information content (AvgIpc) is 2.69. The van der Waals surface area contributed by atoms with Crippen LogP contribution in [-0.4, -0.2) is 12.3 Å². The van der Waals surface area contributed by atoms with Gasteiger partial charge in [-0.15, -0.1) is 11.8 Å². The van der Waals surface area contributed by atoms with E-state index in [2.05, 4.69) is 5.32 Å². The van der Waals surface area contributed by atoms with Gasteiger partial charge >= 0.3 is 6.18 Å². The molecule has 1 aromatic rings. The van der Waals surface area contributed by atoms with Crippen LogP contribution in [0.15, 0.2) is 24.3 Å². The van der Waals surface area contributed by atoms with Gasteiger partial charge in [-0.3, -0.25) is 0 Å². The molecule has 1 atom stereocenters. The number of halogens is 3. The van der Waals surface area contributed by atoms with Crippen molar-refractivity contribution in [3.8, 4) is 0 Å². The largest absolute Gasteiger partial charge is 0.416 e. The summed E-state index contributed by atoms with van der Waals surface area (Å²) in [7, 11) is 0. The standard InChI is InChI=1S/C10H10F3NS/c11-10(12,13)8-3-1-2-7(6-8)9-14-4-5-15-9/h1-3,6,9,14H,4-5H2. The molecule has 1 aromatic carbocycles. The molecule has 5 heteroatoms. The molecular weight excluding hydrogens is 223 g/mol. The van der Waals surface area contributed by atoms with Gasteiger partial charge in [-0.05, 0) is 17.7 Å². The second kappa shape index (κ2) is 4.06. The molecule has 0 bridgehead atoms. The van der Waals surface area contributed by atoms with Crippen molar-refractivity contribution in [1.29, 1.82) is 0 Å². The maximum absolute atomic E-state index is 12.4. The molecule has 0 radical (unpaired) electrons. The lowest BCUT2D eigenvalue weighted by molar-refractivity contribution is -0.137. The van der Waals surface area contributed by atoms with Gasteiger partial charge < -0.3 is 5.32 Å². The molecule has 0 amide bonds. The highest BCUT2D eigenvalue weighted by Gasteiger charge is 2.31. The Hall–Kier alpha value is -0.680. The van der Waals surface area contributed by atoms with Crippen molar-refractivity contribution in [1.82, 2.24) is 5.32 Å². The summed E-state index contributed by atoms with van der Waals surface area (Å²) in [6.45, 7) is 0.853. The highest BCUT2D eigenvalue weighted by atomic mass is 32.2. The normalized spacial score (nSPS) is 21.9. The van der Waals surface area contributed by atoms with Gasteiger partial charge in [0.25, 0.3) is 0 Å². The van der Waals surface area contributed by atoms with E-state index in [4.69, 9.17) is 0 Å². The maximum Gasteiger partial charge on any atom is 0.416 e. The summed E-state index contributed by atoms with van der Waals surface area (Å²) in [5.41, 5.74) is 0.127. The minimum Gasteiger partial charge on any atom is -0.301 e. The summed E-state index contributed by atoms with van der Waals surface area (Å²) in [5, 5.41) is 3.15. The van der Waals surface area contributed by atoms with Crippen molar-refractivity contribution in [2.24, 2.45) is 0 Å². The van der Waals surface area contributed by atoms with E-state index in [0.717, 1.165) is 18.4 Å². The Morgan fingerprint density at radius 3 is 2.73 bits per heavy atom. The summed E-state index contributed by atoms with van der Waals surface area (Å²) < 4.78 is 37.3. The zero-order valence-corrected chi connectivity index (χ0v) is 8.66. The third-order valence-electron chi connectivity index (χ3n) is 2.23. The molecule has 1 aliphatic rings. The first-order valence-corrected chi connectivity index (χ1v) is 5.64. The van der Waals surface area contributed by atoms with E-state index < -0.39 is 11.7 Å². The molecule has 1 N–H and O–H groups in total. The summed E-state index contributed by atoms with van der Waals surface area (Å²) in [5.74, 6) is 0.945. The van der Waals surface area contributed by atoms with Gasteiger partial charge in [-0.1, -0.05) is 12.1 Å². The maximum atomic E-state index is 12.4. The number of alkyl halides is 3. The number of nitrogens with one attached hydrogen (secondary N) is 1. The third kappa shape index (κ3) is 2.46. The topological polar surface area (TPSA) is 12.0 Å². The molecule has 1 fully saturated rings. The molecule has 0 spiro atoms. The van der Waals surface area contributed by atoms with Crippen LogP contribution >= 0.6 is 11.8 Å². The van der Waals surface area contributed by atoms with Crippen LogP contribution in [0.25, 0.3) is 0 Å². The Morgan fingerprint density at radius 1 is 1.33 bits per heavy atom. The summed E-state index contributed by atoms with van der Waals surface area (Å²) in [6, 6.07) is 5.50. The molecule has 2 rings (SSSR count). The van der Waals surface area contributed by atoms with Crippen molar-refractivity contribution in [2.45, 2.75) is 11.6 Å². The second-order valence-electron chi connectivity index (χ2n) is 3.33. The predicted molar refractivity (Wildman–Crippen MR) is 54.6 cm³/mol. The number of benzene rings is 1. The molecule has 1 aliphatic heterocycles. The van der Waals surface area contributed by atoms with E-state index in [0.29, 0.717) is 5.56 Å². The van der Waals surface area contributed by atoms with E-state index in [9.17, 15) is 13.2 Å². The van der Waals surface area contributed by atoms with Crippen LogP contribution in [0.3, 0.4) is 0 Å². The Bertz CT molecular complexity index is 345. The lowest BCUT2D eigenvalue weighted by atomic mass is 10.1. The Labute approximate surface area is 90.1 Å². The molecular formula is C10H10F3NS. The van der Waals surface area contributed by atoms with Crippen LogP contribution < -0.4 is 5.32 Å². The van der Waals surface area contributed by atoms with Crippen LogP contribution in [0.4, 0.5) is 13.2 Å². The molecule has 15 heavy (non-hydrogen) atoms. The van der Waals surface area contributed by atoms with Crippen LogP contribution in [0.5, 0.6) is 0 Å². The first kappa shape index (κ1) is 10.8. The number of hydrogen-bond donors (Lipinski definition) is 1. The van der Waals surface area contributed by atoms with Crippen molar-refractivity contribution >= 4 is 11.8 Å². The van der Waals surface area contributed by atoms with E-state index in [-0.39, 0.29) is 5.37 Å². The molecule has 0 saturated carbocycles. The minimum absolute atomic E-state index is 0.00676. The highest BCUT2D eigenvalue weighted by molar-refractivity contribution is 7.99. The molecule has 1 nitrogen and oxygen atoms in total. The second-order valence-corrected chi connectivity index (χ2v) is 4.54. The zero-order valence-electron chi connectivity index (χ0n) is 7.84. The van der Waals surface area contributed by atoms with Gasteiger partial charge in [0, 0.05) is 12.3 Å². The monoisotopic (exact) mass is 233 g/mol. The van der Waals surface area contributed by atoms with Crippen molar-refractivity contribution in [3.05, 3.63) is 35.4 Å². The molecule has 1 heterocycles. The Balaban J connectivity index is 2.26. The number of rotatable bonds is 1. The SMILES string of the molecule is FC(F)(F)c1cccc(C2NCCS2)c1. The average molecular weight is 233 g/mol. The smallest absolute Gasteiger partial charge is 0.301 e. The lowest BCUT2D eigenvalue weighted by Crippen LogP contribution is -2.13. The minimum atomic E-state index is -4.25. The van der Waals surface area contributed by atoms with Crippen LogP contribution in [-0.2, 0) is 6.18 Å². The van der Waals surface area contributed by atoms with E-state index in [1.54, 1.807) is 17.8 Å². The summed E-state index contributed by atoms with van der Waals surface area (Å²) in [4.78, 5) is 0. The van der Waals surface area contributed by atoms with Crippen molar-refractivity contribution < 1.29 is 13.2 Å². The van der Waals surface area contributed by atoms with E-state index in [1.807, 2.05) is 0 Å². The Kier molecular flexibility index (Phi) is 2.93. The molecule has 0 aliphatic carbocycles. The quantitative estimate of drug-likeness (QED) is 0.800. The Morgan fingerprint density at radius 2 is 2.13 bits per heavy atom. The fourth-order valence-corrected chi connectivity index (χ4v) is 2.56. The zero-order chi connectivity index (χ0) is 10.9. The summed E-state index contributed by atoms with van der Waals surface area (Å²) in [6.07, 6.45) is -4.25. The van der Waals surface area contributed by atoms with Gasteiger partial charge in [0.15, 0.2) is 0 Å². The van der Waals surface area contributed by atoms with E-state index >= 15 is 0 Å². The van der Waals surface area contributed by atoms with Gasteiger partial charge in [-0.25, -0.2) is 0 Å². The first-order chi connectivity index (χ1) is 7.07. The highest BCUT2D eigenvalue weighted by Crippen LogP contribution is 2.34. The van der Waals surface area contributed by atoms with Crippen molar-refractivity contribution in [3.63, 3.8) is 0 Å². The number of hydrogen-bond acceptors (Lipinski definition) is 2. The number of thioether (sulfide) groups is 1. The molecule has 0 aromatic heterocycles. The predicted octanol–water partition coefficient (Wildman–Crippen LogP) is 3.04. The molecule has 1 saturated heterocycles. The van der Waals surface area contributed by atoms with E-state index in [1.165, 1.54) is 12.1 Å². The van der Waals surface area contributed by atoms with Gasteiger partial charge in [0.2, 0.25) is 0 Å². The van der Waals surface area contributed by atoms with Crippen LogP contribution in [0.1, 0.15) is 16.5 Å². The summed E-state index contributed by atoms with van der Waals surface area (Å²) >= 11 is 1.64. The fourth-order valence-electron chi connectivity index (χ4n) is 1.52. The molecule has 1 unspecified atom stereocenters. The lowest BCUT2D eigenvalue weighted by Gasteiger charge is -2.12. The first-order valence-electron chi connectivity index (χ1n) is 4.59. The van der Waals surface area contributed by atoms with Crippen LogP contribution in [0, 0.1) is 0 Å². The fraction of sp³-hybridized carbons (Fsp3) is 0.400. The third-order valence-corrected chi connectivity index (χ3v) is 3.45. The van der Waals surface area contributed by atoms with Gasteiger partial charge in [0.1, 0.15) is 0 Å². The van der Waals surface area contributed by atoms with Crippen molar-refractivity contribution in [2.75, 3.05) is 12.3 Å². The van der Waals surface area contributed by atoms with Gasteiger partial charge in [-0.2, -0.15) is 13.2 Å². The van der Waals surface area contributed by atoms with Gasteiger partial charge in [0.05, 0.1) is 10.9 Å². The van der Waals surface area contributed by atoms with Crippen LogP contribution in [0.2, 0.25) is 0 Å². The molecule has 82 valence electrons.